The number of ether oxygens (including phenoxy) is 2. The number of likely N-dealkylation sites (tertiary alicyclic amines) is 1. The van der Waals surface area contributed by atoms with Crippen molar-refractivity contribution in [3.63, 3.8) is 0 Å². The maximum atomic E-state index is 13.0. The van der Waals surface area contributed by atoms with Crippen molar-refractivity contribution in [1.29, 1.82) is 0 Å². The summed E-state index contributed by atoms with van der Waals surface area (Å²) in [6.45, 7) is 5.77. The van der Waals surface area contributed by atoms with E-state index in [2.05, 4.69) is 4.90 Å². The predicted octanol–water partition coefficient (Wildman–Crippen LogP) is 1.92. The third-order valence-electron chi connectivity index (χ3n) is 5.80. The third kappa shape index (κ3) is 3.57. The lowest BCUT2D eigenvalue weighted by Crippen LogP contribution is -2.48. The molecule has 1 aromatic carbocycles. The summed E-state index contributed by atoms with van der Waals surface area (Å²) >= 11 is 0. The van der Waals surface area contributed by atoms with Gasteiger partial charge in [0.05, 0.1) is 25.4 Å². The summed E-state index contributed by atoms with van der Waals surface area (Å²) in [5.41, 5.74) is 0.471. The summed E-state index contributed by atoms with van der Waals surface area (Å²) in [6.07, 6.45) is 2.80. The molecule has 0 aromatic heterocycles. The Hall–Kier alpha value is -1.50. The second-order valence-electron chi connectivity index (χ2n) is 7.30. The van der Waals surface area contributed by atoms with Gasteiger partial charge in [0.15, 0.2) is 0 Å². The van der Waals surface area contributed by atoms with E-state index in [0.29, 0.717) is 24.7 Å². The first kappa shape index (κ1) is 16.9. The molecule has 1 spiro atoms. The standard InChI is InChI=1S/C19H25FN2O3/c20-16-3-1-15(2-4-16)18(23)22-7-5-19(6-8-22)13-17(14-25-19)21-9-11-24-12-10-21/h1-4,17H,5-14H2/t17-/m1/s1. The lowest BCUT2D eigenvalue weighted by molar-refractivity contribution is -0.0401. The van der Waals surface area contributed by atoms with Crippen LogP contribution in [-0.4, -0.2) is 73.3 Å². The predicted molar refractivity (Wildman–Crippen MR) is 91.0 cm³/mol. The lowest BCUT2D eigenvalue weighted by atomic mass is 9.86. The molecule has 1 amide bonds. The highest BCUT2D eigenvalue weighted by molar-refractivity contribution is 5.94. The molecular formula is C19H25FN2O3. The molecule has 0 aliphatic carbocycles. The Morgan fingerprint density at radius 1 is 1.08 bits per heavy atom. The van der Waals surface area contributed by atoms with Crippen molar-refractivity contribution in [2.75, 3.05) is 46.0 Å². The molecule has 25 heavy (non-hydrogen) atoms. The molecule has 3 heterocycles. The number of amides is 1. The second-order valence-corrected chi connectivity index (χ2v) is 7.30. The van der Waals surface area contributed by atoms with E-state index in [4.69, 9.17) is 9.47 Å². The van der Waals surface area contributed by atoms with Crippen LogP contribution in [0.3, 0.4) is 0 Å². The van der Waals surface area contributed by atoms with E-state index in [9.17, 15) is 9.18 Å². The van der Waals surface area contributed by atoms with Crippen molar-refractivity contribution in [1.82, 2.24) is 9.80 Å². The van der Waals surface area contributed by atoms with Gasteiger partial charge in [-0.1, -0.05) is 0 Å². The molecular weight excluding hydrogens is 323 g/mol. The van der Waals surface area contributed by atoms with Crippen molar-refractivity contribution in [2.24, 2.45) is 0 Å². The summed E-state index contributed by atoms with van der Waals surface area (Å²) < 4.78 is 24.7. The molecule has 4 rings (SSSR count). The van der Waals surface area contributed by atoms with Crippen LogP contribution in [0, 0.1) is 5.82 Å². The zero-order valence-corrected chi connectivity index (χ0v) is 14.5. The summed E-state index contributed by atoms with van der Waals surface area (Å²) in [5, 5.41) is 0. The first-order valence-corrected chi connectivity index (χ1v) is 9.16. The van der Waals surface area contributed by atoms with E-state index in [1.54, 1.807) is 12.1 Å². The van der Waals surface area contributed by atoms with E-state index in [1.807, 2.05) is 4.90 Å². The zero-order valence-electron chi connectivity index (χ0n) is 14.5. The molecule has 1 aromatic rings. The fraction of sp³-hybridized carbons (Fsp3) is 0.632. The van der Waals surface area contributed by atoms with Gasteiger partial charge < -0.3 is 14.4 Å². The molecule has 5 nitrogen and oxygen atoms in total. The van der Waals surface area contributed by atoms with Crippen molar-refractivity contribution >= 4 is 5.91 Å². The van der Waals surface area contributed by atoms with Crippen molar-refractivity contribution in [3.8, 4) is 0 Å². The normalized spacial score (nSPS) is 26.9. The van der Waals surface area contributed by atoms with E-state index < -0.39 is 0 Å². The van der Waals surface area contributed by atoms with Crippen molar-refractivity contribution in [2.45, 2.75) is 30.9 Å². The van der Waals surface area contributed by atoms with E-state index >= 15 is 0 Å². The smallest absolute Gasteiger partial charge is 0.253 e. The van der Waals surface area contributed by atoms with Crippen LogP contribution in [0.15, 0.2) is 24.3 Å². The number of rotatable bonds is 2. The minimum atomic E-state index is -0.317. The average molecular weight is 348 g/mol. The number of carbonyl (C=O) groups excluding carboxylic acids is 1. The van der Waals surface area contributed by atoms with Gasteiger partial charge >= 0.3 is 0 Å². The minimum absolute atomic E-state index is 0.0161. The molecule has 0 N–H and O–H groups in total. The Morgan fingerprint density at radius 2 is 1.76 bits per heavy atom. The van der Waals surface area contributed by atoms with Gasteiger partial charge in [-0.15, -0.1) is 0 Å². The molecule has 6 heteroatoms. The largest absolute Gasteiger partial charge is 0.379 e. The fourth-order valence-electron chi connectivity index (χ4n) is 4.24. The molecule has 0 saturated carbocycles. The van der Waals surface area contributed by atoms with Gasteiger partial charge in [-0.2, -0.15) is 0 Å². The molecule has 0 radical (unpaired) electrons. The van der Waals surface area contributed by atoms with E-state index in [0.717, 1.165) is 52.2 Å². The Kier molecular flexibility index (Phi) is 4.75. The highest BCUT2D eigenvalue weighted by Gasteiger charge is 2.45. The molecule has 3 aliphatic rings. The van der Waals surface area contributed by atoms with E-state index in [-0.39, 0.29) is 17.3 Å². The fourth-order valence-corrected chi connectivity index (χ4v) is 4.24. The first-order valence-electron chi connectivity index (χ1n) is 9.16. The Balaban J connectivity index is 1.33. The second kappa shape index (κ2) is 7.02. The maximum absolute atomic E-state index is 13.0. The third-order valence-corrected chi connectivity index (χ3v) is 5.80. The Morgan fingerprint density at radius 3 is 2.44 bits per heavy atom. The quantitative estimate of drug-likeness (QED) is 0.819. The van der Waals surface area contributed by atoms with Gasteiger partial charge in [-0.05, 0) is 43.5 Å². The highest BCUT2D eigenvalue weighted by Crippen LogP contribution is 2.38. The topological polar surface area (TPSA) is 42.0 Å². The van der Waals surface area contributed by atoms with Crippen LogP contribution in [-0.2, 0) is 9.47 Å². The van der Waals surface area contributed by atoms with E-state index in [1.165, 1.54) is 12.1 Å². The molecule has 1 atom stereocenters. The number of hydrogen-bond acceptors (Lipinski definition) is 4. The van der Waals surface area contributed by atoms with Gasteiger partial charge in [0.1, 0.15) is 5.82 Å². The molecule has 3 saturated heterocycles. The molecule has 3 aliphatic heterocycles. The lowest BCUT2D eigenvalue weighted by Gasteiger charge is -2.39. The molecule has 3 fully saturated rings. The monoisotopic (exact) mass is 348 g/mol. The summed E-state index contributed by atoms with van der Waals surface area (Å²) in [5.74, 6) is -0.333. The Bertz CT molecular complexity index is 608. The van der Waals surface area contributed by atoms with Crippen molar-refractivity contribution < 1.29 is 18.7 Å². The SMILES string of the molecule is O=C(c1ccc(F)cc1)N1CCC2(CC1)C[C@@H](N1CCOCC1)CO2. The molecule has 0 unspecified atom stereocenters. The van der Waals surface area contributed by atoms with Gasteiger partial charge in [-0.25, -0.2) is 4.39 Å². The number of halogens is 1. The summed E-state index contributed by atoms with van der Waals surface area (Å²) in [6, 6.07) is 6.27. The maximum Gasteiger partial charge on any atom is 0.253 e. The van der Waals surface area contributed by atoms with Crippen LogP contribution in [0.5, 0.6) is 0 Å². The van der Waals surface area contributed by atoms with Crippen LogP contribution in [0.4, 0.5) is 4.39 Å². The van der Waals surface area contributed by atoms with Crippen LogP contribution in [0.25, 0.3) is 0 Å². The van der Waals surface area contributed by atoms with Gasteiger partial charge in [0.25, 0.3) is 5.91 Å². The number of piperidine rings is 1. The van der Waals surface area contributed by atoms with Crippen molar-refractivity contribution in [3.05, 3.63) is 35.6 Å². The van der Waals surface area contributed by atoms with Gasteiger partial charge in [0.2, 0.25) is 0 Å². The summed E-state index contributed by atoms with van der Waals surface area (Å²) in [7, 11) is 0. The molecule has 136 valence electrons. The number of nitrogens with zero attached hydrogens (tertiary/aromatic N) is 2. The minimum Gasteiger partial charge on any atom is -0.379 e. The van der Waals surface area contributed by atoms with Crippen LogP contribution in [0.2, 0.25) is 0 Å². The number of morpholine rings is 1. The van der Waals surface area contributed by atoms with Crippen LogP contribution >= 0.6 is 0 Å². The highest BCUT2D eigenvalue weighted by atomic mass is 19.1. The number of carbonyl (C=O) groups is 1. The molecule has 0 bridgehead atoms. The average Bonchev–Trinajstić information content (AvgIpc) is 3.07. The van der Waals surface area contributed by atoms with Crippen LogP contribution < -0.4 is 0 Å². The van der Waals surface area contributed by atoms with Crippen LogP contribution in [0.1, 0.15) is 29.6 Å². The zero-order chi connectivity index (χ0) is 17.3. The summed E-state index contributed by atoms with van der Waals surface area (Å²) in [4.78, 5) is 16.9. The van der Waals surface area contributed by atoms with Gasteiger partial charge in [0, 0.05) is 37.8 Å². The Labute approximate surface area is 147 Å². The first-order chi connectivity index (χ1) is 12.2. The number of hydrogen-bond donors (Lipinski definition) is 0. The number of benzene rings is 1. The van der Waals surface area contributed by atoms with Gasteiger partial charge in [-0.3, -0.25) is 9.69 Å².